The fourth-order valence-corrected chi connectivity index (χ4v) is 3.60. The molecular formula is C14H18N2O2S2. The van der Waals surface area contributed by atoms with E-state index in [2.05, 4.69) is 40.9 Å². The van der Waals surface area contributed by atoms with Crippen LogP contribution in [0.2, 0.25) is 0 Å². The normalized spacial score (nSPS) is 11.8. The van der Waals surface area contributed by atoms with Gasteiger partial charge in [-0.3, -0.25) is 4.79 Å². The number of carbonyl (C=O) groups is 1. The first kappa shape index (κ1) is 15.1. The van der Waals surface area contributed by atoms with Crippen LogP contribution in [0.1, 0.15) is 24.4 Å². The van der Waals surface area contributed by atoms with Crippen LogP contribution >= 0.6 is 23.1 Å². The molecule has 0 fully saturated rings. The smallest absolute Gasteiger partial charge is 0.313 e. The highest BCUT2D eigenvalue weighted by atomic mass is 32.2. The number of aryl methyl sites for hydroxylation is 1. The van der Waals surface area contributed by atoms with Crippen LogP contribution < -0.4 is 0 Å². The van der Waals surface area contributed by atoms with Crippen molar-refractivity contribution in [3.63, 3.8) is 0 Å². The van der Waals surface area contributed by atoms with Gasteiger partial charge in [0, 0.05) is 28.7 Å². The van der Waals surface area contributed by atoms with E-state index in [1.54, 1.807) is 17.5 Å². The number of carboxylic acids is 1. The molecule has 0 aromatic carbocycles. The van der Waals surface area contributed by atoms with Gasteiger partial charge in [-0.1, -0.05) is 31.7 Å². The minimum absolute atomic E-state index is 0.00183. The Morgan fingerprint density at radius 2 is 2.30 bits per heavy atom. The van der Waals surface area contributed by atoms with Gasteiger partial charge in [-0.2, -0.15) is 0 Å². The van der Waals surface area contributed by atoms with Crippen molar-refractivity contribution in [1.82, 2.24) is 9.55 Å². The Bertz CT molecular complexity index is 588. The fraction of sp³-hybridized carbons (Fsp3) is 0.429. The SMILES string of the molecule is Cc1cnc(SCC(=O)O)n1CC(C)(C)c1cccs1. The Labute approximate surface area is 126 Å². The highest BCUT2D eigenvalue weighted by Crippen LogP contribution is 2.31. The van der Waals surface area contributed by atoms with E-state index in [0.717, 1.165) is 17.4 Å². The van der Waals surface area contributed by atoms with Gasteiger partial charge in [-0.15, -0.1) is 11.3 Å². The van der Waals surface area contributed by atoms with E-state index in [4.69, 9.17) is 5.11 Å². The molecule has 2 rings (SSSR count). The first-order valence-corrected chi connectivity index (χ1v) is 8.17. The summed E-state index contributed by atoms with van der Waals surface area (Å²) in [5, 5.41) is 11.7. The summed E-state index contributed by atoms with van der Waals surface area (Å²) < 4.78 is 2.10. The summed E-state index contributed by atoms with van der Waals surface area (Å²) in [6.45, 7) is 7.19. The topological polar surface area (TPSA) is 55.1 Å². The molecule has 0 saturated carbocycles. The molecule has 0 atom stereocenters. The Hall–Kier alpha value is -1.27. The molecule has 20 heavy (non-hydrogen) atoms. The number of thioether (sulfide) groups is 1. The van der Waals surface area contributed by atoms with Gasteiger partial charge < -0.3 is 9.67 Å². The average molecular weight is 310 g/mol. The van der Waals surface area contributed by atoms with Gasteiger partial charge in [0.2, 0.25) is 0 Å². The average Bonchev–Trinajstić information content (AvgIpc) is 2.99. The predicted molar refractivity (Wildman–Crippen MR) is 82.7 cm³/mol. The molecule has 0 aliphatic heterocycles. The van der Waals surface area contributed by atoms with E-state index >= 15 is 0 Å². The molecule has 2 aromatic heterocycles. The van der Waals surface area contributed by atoms with Gasteiger partial charge in [0.25, 0.3) is 0 Å². The highest BCUT2D eigenvalue weighted by Gasteiger charge is 2.24. The Kier molecular flexibility index (Phi) is 4.55. The number of hydrogen-bond donors (Lipinski definition) is 1. The van der Waals surface area contributed by atoms with Crippen molar-refractivity contribution in [2.24, 2.45) is 0 Å². The first-order chi connectivity index (χ1) is 9.40. The van der Waals surface area contributed by atoms with Gasteiger partial charge in [0.1, 0.15) is 0 Å². The highest BCUT2D eigenvalue weighted by molar-refractivity contribution is 7.99. The standard InChI is InChI=1S/C14H18N2O2S2/c1-10-7-15-13(20-8-12(17)18)16(10)9-14(2,3)11-5-4-6-19-11/h4-7H,8-9H2,1-3H3,(H,17,18). The van der Waals surface area contributed by atoms with E-state index in [9.17, 15) is 4.79 Å². The predicted octanol–water partition coefficient (Wildman–Crippen LogP) is 3.41. The van der Waals surface area contributed by atoms with Gasteiger partial charge in [-0.05, 0) is 18.4 Å². The number of nitrogens with zero attached hydrogens (tertiary/aromatic N) is 2. The molecule has 2 heterocycles. The molecule has 0 radical (unpaired) electrons. The van der Waals surface area contributed by atoms with Crippen molar-refractivity contribution in [3.05, 3.63) is 34.3 Å². The van der Waals surface area contributed by atoms with Crippen molar-refractivity contribution in [1.29, 1.82) is 0 Å². The molecule has 6 heteroatoms. The number of rotatable bonds is 6. The van der Waals surface area contributed by atoms with Crippen LogP contribution in [0.15, 0.2) is 28.9 Å². The van der Waals surface area contributed by atoms with Crippen LogP contribution in [0.25, 0.3) is 0 Å². The van der Waals surface area contributed by atoms with Gasteiger partial charge >= 0.3 is 5.97 Å². The van der Waals surface area contributed by atoms with Crippen molar-refractivity contribution in [2.75, 3.05) is 5.75 Å². The van der Waals surface area contributed by atoms with Crippen LogP contribution in [-0.4, -0.2) is 26.4 Å². The Morgan fingerprint density at radius 1 is 1.55 bits per heavy atom. The number of imidazole rings is 1. The second-order valence-electron chi connectivity index (χ2n) is 5.31. The minimum Gasteiger partial charge on any atom is -0.481 e. The van der Waals surface area contributed by atoms with Gasteiger partial charge in [0.15, 0.2) is 5.16 Å². The molecular weight excluding hydrogens is 292 g/mol. The third kappa shape index (κ3) is 3.43. The summed E-state index contributed by atoms with van der Waals surface area (Å²) >= 11 is 3.02. The Balaban J connectivity index is 2.20. The lowest BCUT2D eigenvalue weighted by Crippen LogP contribution is -2.24. The van der Waals surface area contributed by atoms with E-state index in [1.165, 1.54) is 16.6 Å². The van der Waals surface area contributed by atoms with Crippen LogP contribution in [-0.2, 0) is 16.8 Å². The maximum atomic E-state index is 10.7. The third-order valence-corrected chi connectivity index (χ3v) is 5.30. The lowest BCUT2D eigenvalue weighted by Gasteiger charge is -2.25. The summed E-state index contributed by atoms with van der Waals surface area (Å²) in [6.07, 6.45) is 1.80. The minimum atomic E-state index is -0.820. The largest absolute Gasteiger partial charge is 0.481 e. The van der Waals surface area contributed by atoms with Crippen molar-refractivity contribution >= 4 is 29.1 Å². The molecule has 108 valence electrons. The Morgan fingerprint density at radius 3 is 2.90 bits per heavy atom. The number of aliphatic carboxylic acids is 1. The van der Waals surface area contributed by atoms with Crippen molar-refractivity contribution < 1.29 is 9.90 Å². The van der Waals surface area contributed by atoms with E-state index < -0.39 is 5.97 Å². The summed E-state index contributed by atoms with van der Waals surface area (Å²) in [5.41, 5.74) is 1.06. The summed E-state index contributed by atoms with van der Waals surface area (Å²) in [7, 11) is 0. The molecule has 0 unspecified atom stereocenters. The van der Waals surface area contributed by atoms with E-state index in [1.807, 2.05) is 6.92 Å². The first-order valence-electron chi connectivity index (χ1n) is 6.31. The zero-order valence-corrected chi connectivity index (χ0v) is 13.4. The van der Waals surface area contributed by atoms with Crippen molar-refractivity contribution in [2.45, 2.75) is 37.9 Å². The third-order valence-electron chi connectivity index (χ3n) is 3.08. The van der Waals surface area contributed by atoms with Gasteiger partial charge in [-0.25, -0.2) is 4.98 Å². The molecule has 2 aromatic rings. The van der Waals surface area contributed by atoms with Crippen molar-refractivity contribution in [3.8, 4) is 0 Å². The molecule has 0 bridgehead atoms. The summed E-state index contributed by atoms with van der Waals surface area (Å²) in [5.74, 6) is -0.782. The quantitative estimate of drug-likeness (QED) is 0.831. The lowest BCUT2D eigenvalue weighted by atomic mass is 9.91. The molecule has 0 aliphatic rings. The number of hydrogen-bond acceptors (Lipinski definition) is 4. The summed E-state index contributed by atoms with van der Waals surface area (Å²) in [6, 6.07) is 4.20. The van der Waals surface area contributed by atoms with E-state index in [0.29, 0.717) is 0 Å². The zero-order valence-electron chi connectivity index (χ0n) is 11.8. The molecule has 0 amide bonds. The number of carboxylic acid groups (broad SMARTS) is 1. The fourth-order valence-electron chi connectivity index (χ4n) is 2.01. The molecule has 0 saturated heterocycles. The maximum absolute atomic E-state index is 10.7. The maximum Gasteiger partial charge on any atom is 0.313 e. The molecule has 0 aliphatic carbocycles. The van der Waals surface area contributed by atoms with Crippen LogP contribution in [0.5, 0.6) is 0 Å². The molecule has 0 spiro atoms. The zero-order chi connectivity index (χ0) is 14.8. The van der Waals surface area contributed by atoms with E-state index in [-0.39, 0.29) is 11.2 Å². The second-order valence-corrected chi connectivity index (χ2v) is 7.20. The summed E-state index contributed by atoms with van der Waals surface area (Å²) in [4.78, 5) is 16.3. The number of thiophene rings is 1. The van der Waals surface area contributed by atoms with Gasteiger partial charge in [0.05, 0.1) is 5.75 Å². The van der Waals surface area contributed by atoms with Crippen LogP contribution in [0.3, 0.4) is 0 Å². The monoisotopic (exact) mass is 310 g/mol. The molecule has 4 nitrogen and oxygen atoms in total. The number of aromatic nitrogens is 2. The second kappa shape index (κ2) is 6.01. The molecule has 1 N–H and O–H groups in total. The van der Waals surface area contributed by atoms with Crippen LogP contribution in [0, 0.1) is 6.92 Å². The lowest BCUT2D eigenvalue weighted by molar-refractivity contribution is -0.133. The van der Waals surface area contributed by atoms with Crippen LogP contribution in [0.4, 0.5) is 0 Å².